The Morgan fingerprint density at radius 3 is 1.65 bits per heavy atom. The minimum absolute atomic E-state index is 0. The molecule has 2 rings (SSSR count). The van der Waals surface area contributed by atoms with Gasteiger partial charge < -0.3 is 35.4 Å². The Balaban J connectivity index is 0.0000168. The molecule has 330 valence electrons. The zero-order valence-corrected chi connectivity index (χ0v) is 38.0. The van der Waals surface area contributed by atoms with Gasteiger partial charge in [-0.3, -0.25) is 28.8 Å². The Morgan fingerprint density at radius 1 is 0.561 bits per heavy atom. The molecule has 2 amide bonds. The van der Waals surface area contributed by atoms with E-state index in [-0.39, 0.29) is 85.0 Å². The standard InChI is InChI=1S/C38H64N2O11S6.H2/c41-30(17-13-11-9-7-5-3-1-2-4-6-8-10-12-14-19-34(44)45)27-29(35(46)47)20-21-32(42)40-23-24-50-25-26-51-28-33(43)39-22-16-15-18-31(36(48)49)37-52-54-38(55-53-37)56-57-38;/h29,31,37H,1-28H2,(H,39,43)(H,40,42)(H,44,45)(H,46,47)(H,48,49);1H/t29-,31+;/m1./s1. The Kier molecular flexibility index (Phi) is 30.0. The molecule has 19 heteroatoms. The fourth-order valence-electron chi connectivity index (χ4n) is 6.06. The van der Waals surface area contributed by atoms with E-state index >= 15 is 0 Å². The topological polar surface area (TPSA) is 206 Å². The van der Waals surface area contributed by atoms with Gasteiger partial charge in [-0.25, -0.2) is 0 Å². The number of carbonyl (C=O) groups is 6. The molecule has 0 saturated carbocycles. The molecule has 1 spiro atoms. The molecule has 2 atom stereocenters. The maximum Gasteiger partial charge on any atom is 0.308 e. The van der Waals surface area contributed by atoms with Gasteiger partial charge in [0.25, 0.3) is 0 Å². The summed E-state index contributed by atoms with van der Waals surface area (Å²) in [6.07, 6.45) is 18.0. The molecule has 2 aliphatic heterocycles. The number of ketones is 1. The van der Waals surface area contributed by atoms with E-state index in [4.69, 9.17) is 14.6 Å². The van der Waals surface area contributed by atoms with E-state index in [1.54, 1.807) is 43.2 Å². The van der Waals surface area contributed by atoms with E-state index in [0.29, 0.717) is 32.2 Å². The molecule has 2 saturated heterocycles. The van der Waals surface area contributed by atoms with Crippen molar-refractivity contribution in [3.05, 3.63) is 0 Å². The van der Waals surface area contributed by atoms with Crippen molar-refractivity contribution in [1.29, 1.82) is 0 Å². The first-order valence-corrected chi connectivity index (χ1v) is 27.0. The minimum atomic E-state index is -1.07. The Hall–Kier alpha value is -0.960. The van der Waals surface area contributed by atoms with Crippen LogP contribution in [0.2, 0.25) is 0 Å². The number of carboxylic acid groups (broad SMARTS) is 3. The summed E-state index contributed by atoms with van der Waals surface area (Å²) in [5, 5.41) is 33.4. The number of amides is 2. The molecule has 2 aliphatic rings. The summed E-state index contributed by atoms with van der Waals surface area (Å²) in [5.41, 5.74) is 0. The van der Waals surface area contributed by atoms with Crippen molar-refractivity contribution in [3.8, 4) is 0 Å². The summed E-state index contributed by atoms with van der Waals surface area (Å²) < 4.78 is 10.9. The number of hydrogen-bond donors (Lipinski definition) is 5. The Morgan fingerprint density at radius 2 is 1.11 bits per heavy atom. The molecule has 0 aliphatic carbocycles. The molecule has 2 fully saturated rings. The average molecular weight is 919 g/mol. The summed E-state index contributed by atoms with van der Waals surface area (Å²) in [6, 6.07) is 0. The molecule has 5 N–H and O–H groups in total. The van der Waals surface area contributed by atoms with E-state index in [0.717, 1.165) is 44.9 Å². The monoisotopic (exact) mass is 918 g/mol. The van der Waals surface area contributed by atoms with E-state index in [9.17, 15) is 39.0 Å². The number of unbranched alkanes of at least 4 members (excludes halogenated alkanes) is 14. The molecular formula is C38H66N2O11S6. The molecular weight excluding hydrogens is 853 g/mol. The second-order valence-electron chi connectivity index (χ2n) is 14.4. The lowest BCUT2D eigenvalue weighted by Gasteiger charge is -2.27. The van der Waals surface area contributed by atoms with Crippen LogP contribution in [-0.4, -0.2) is 97.7 Å². The van der Waals surface area contributed by atoms with Crippen LogP contribution in [0.1, 0.15) is 143 Å². The number of nitrogens with one attached hydrogen (secondary N) is 2. The van der Waals surface area contributed by atoms with Gasteiger partial charge in [0.2, 0.25) is 11.8 Å². The Bertz CT molecular complexity index is 1200. The molecule has 0 aromatic heterocycles. The first-order chi connectivity index (χ1) is 27.5. The second kappa shape index (κ2) is 32.8. The van der Waals surface area contributed by atoms with Crippen LogP contribution >= 0.6 is 64.8 Å². The summed E-state index contributed by atoms with van der Waals surface area (Å²) in [5.74, 6) is -4.49. The number of aliphatic carboxylic acids is 3. The zero-order valence-electron chi connectivity index (χ0n) is 33.1. The number of rotatable bonds is 38. The van der Waals surface area contributed by atoms with Crippen LogP contribution < -0.4 is 10.6 Å². The van der Waals surface area contributed by atoms with Crippen LogP contribution in [0, 0.1) is 11.8 Å². The lowest BCUT2D eigenvalue weighted by molar-refractivity contribution is -0.144. The second-order valence-corrected chi connectivity index (χ2v) is 23.9. The summed E-state index contributed by atoms with van der Waals surface area (Å²) in [7, 11) is 10.5. The third-order valence-electron chi connectivity index (χ3n) is 9.43. The van der Waals surface area contributed by atoms with Gasteiger partial charge in [-0.15, -0.1) is 0 Å². The van der Waals surface area contributed by atoms with Crippen molar-refractivity contribution in [2.45, 2.75) is 149 Å². The molecule has 0 aromatic carbocycles. The SMILES string of the molecule is O=C(O)CCCCCCCCCCCCCCCCC(=O)C[C@@H](CCC(=O)NCCOCCOCC(=O)NCCCC[C@@H](C(=O)O)C1SSC2(SS1)SS2)C(=O)O.[HH]. The normalized spacial score (nSPS) is 15.9. The van der Waals surface area contributed by atoms with Gasteiger partial charge >= 0.3 is 17.9 Å². The van der Waals surface area contributed by atoms with Crippen molar-refractivity contribution in [2.75, 3.05) is 39.5 Å². The minimum Gasteiger partial charge on any atom is -0.481 e. The quantitative estimate of drug-likeness (QED) is 0.0222. The van der Waals surface area contributed by atoms with Gasteiger partial charge in [0.05, 0.1) is 36.2 Å². The van der Waals surface area contributed by atoms with Gasteiger partial charge in [-0.05, 0) is 53.7 Å². The van der Waals surface area contributed by atoms with Crippen LogP contribution in [0.3, 0.4) is 0 Å². The highest BCUT2D eigenvalue weighted by Crippen LogP contribution is 2.84. The highest BCUT2D eigenvalue weighted by atomic mass is 33.2. The van der Waals surface area contributed by atoms with Crippen LogP contribution in [0.4, 0.5) is 0 Å². The van der Waals surface area contributed by atoms with E-state index < -0.39 is 29.7 Å². The van der Waals surface area contributed by atoms with Gasteiger partial charge in [-0.1, -0.05) is 127 Å². The van der Waals surface area contributed by atoms with Crippen molar-refractivity contribution < 1.29 is 55.0 Å². The molecule has 57 heavy (non-hydrogen) atoms. The zero-order chi connectivity index (χ0) is 41.6. The molecule has 0 bridgehead atoms. The third kappa shape index (κ3) is 27.5. The smallest absolute Gasteiger partial charge is 0.308 e. The van der Waals surface area contributed by atoms with Crippen LogP contribution in [0.5, 0.6) is 0 Å². The van der Waals surface area contributed by atoms with E-state index in [1.807, 2.05) is 21.6 Å². The van der Waals surface area contributed by atoms with Crippen molar-refractivity contribution >= 4 is 100 Å². The highest BCUT2D eigenvalue weighted by molar-refractivity contribution is 9.14. The number of carboxylic acids is 3. The Labute approximate surface area is 363 Å². The van der Waals surface area contributed by atoms with Crippen molar-refractivity contribution in [1.82, 2.24) is 10.6 Å². The number of hydrogen-bond acceptors (Lipinski definition) is 14. The van der Waals surface area contributed by atoms with E-state index in [1.165, 1.54) is 44.9 Å². The largest absolute Gasteiger partial charge is 0.481 e. The average Bonchev–Trinajstić information content (AvgIpc) is 3.93. The van der Waals surface area contributed by atoms with Crippen molar-refractivity contribution in [2.24, 2.45) is 11.8 Å². The highest BCUT2D eigenvalue weighted by Gasteiger charge is 2.53. The predicted octanol–water partition coefficient (Wildman–Crippen LogP) is 9.24. The molecule has 2 heterocycles. The van der Waals surface area contributed by atoms with Crippen molar-refractivity contribution in [3.63, 3.8) is 0 Å². The molecule has 0 radical (unpaired) electrons. The van der Waals surface area contributed by atoms with E-state index in [2.05, 4.69) is 10.6 Å². The van der Waals surface area contributed by atoms with Gasteiger partial charge in [0.15, 0.2) is 2.74 Å². The van der Waals surface area contributed by atoms with Crippen LogP contribution in [-0.2, 0) is 38.2 Å². The summed E-state index contributed by atoms with van der Waals surface area (Å²) in [4.78, 5) is 70.7. The lowest BCUT2D eigenvalue weighted by Crippen LogP contribution is -2.30. The maximum atomic E-state index is 12.4. The van der Waals surface area contributed by atoms with Gasteiger partial charge in [0, 0.05) is 40.2 Å². The lowest BCUT2D eigenvalue weighted by atomic mass is 9.94. The fraction of sp³-hybridized carbons (Fsp3) is 0.842. The third-order valence-corrected chi connectivity index (χ3v) is 23.3. The van der Waals surface area contributed by atoms with Crippen LogP contribution in [0.25, 0.3) is 0 Å². The maximum absolute atomic E-state index is 12.4. The first-order valence-electron chi connectivity index (χ1n) is 20.4. The summed E-state index contributed by atoms with van der Waals surface area (Å²) >= 11 is 0. The number of ether oxygens (including phenoxy) is 2. The number of carbonyl (C=O) groups excluding carboxylic acids is 3. The first kappa shape index (κ1) is 52.2. The molecule has 0 aromatic rings. The predicted molar refractivity (Wildman–Crippen MR) is 238 cm³/mol. The number of Topliss-reactive ketones (excluding diaryl/α,β-unsaturated/α-hetero) is 1. The van der Waals surface area contributed by atoms with Gasteiger partial charge in [-0.2, -0.15) is 0 Å². The summed E-state index contributed by atoms with van der Waals surface area (Å²) in [6.45, 7) is 1.24. The fourth-order valence-corrected chi connectivity index (χ4v) is 19.9. The molecule has 0 unspecified atom stereocenters. The van der Waals surface area contributed by atoms with Gasteiger partial charge in [0.1, 0.15) is 12.4 Å². The van der Waals surface area contributed by atoms with Crippen LogP contribution in [0.15, 0.2) is 0 Å². The molecule has 13 nitrogen and oxygen atoms in total.